The van der Waals surface area contributed by atoms with E-state index in [9.17, 15) is 0 Å². The standard InChI is InChI=1S/C20H24N4/c1-15-19(23(3)17-11-7-5-8-12-17)22-16(2)20(21-15)24(4)18-13-9-6-10-14-18/h5-16H,1-4H3/p+2. The van der Waals surface area contributed by atoms with Crippen LogP contribution in [0.25, 0.3) is 0 Å². The molecule has 4 heteroatoms. The molecule has 124 valence electrons. The van der Waals surface area contributed by atoms with Crippen molar-refractivity contribution in [1.82, 2.24) is 10.6 Å². The molecule has 2 N–H and O–H groups in total. The Kier molecular flexibility index (Phi) is 4.65. The lowest BCUT2D eigenvalue weighted by Gasteiger charge is -2.24. The molecule has 1 fully saturated rings. The topological polar surface area (TPSA) is 30.1 Å². The molecular weight excluding hydrogens is 296 g/mol. The summed E-state index contributed by atoms with van der Waals surface area (Å²) in [6, 6.07) is 21.3. The van der Waals surface area contributed by atoms with Gasteiger partial charge in [-0.2, -0.15) is 0 Å². The van der Waals surface area contributed by atoms with Crippen LogP contribution in [0.1, 0.15) is 13.8 Å². The highest BCUT2D eigenvalue weighted by molar-refractivity contribution is 5.98. The second-order valence-electron chi connectivity index (χ2n) is 6.29. The molecular formula is C20H26N4+2. The fraction of sp³-hybridized carbons (Fsp3) is 0.300. The Labute approximate surface area is 144 Å². The number of para-hydroxylation sites is 2. The van der Waals surface area contributed by atoms with Gasteiger partial charge in [-0.3, -0.25) is 10.6 Å². The van der Waals surface area contributed by atoms with Gasteiger partial charge < -0.3 is 0 Å². The van der Waals surface area contributed by atoms with E-state index in [0.29, 0.717) is 0 Å². The van der Waals surface area contributed by atoms with Crippen LogP contribution in [-0.2, 0) is 0 Å². The van der Waals surface area contributed by atoms with E-state index in [0.717, 1.165) is 0 Å². The lowest BCUT2D eigenvalue weighted by Crippen LogP contribution is -2.63. The molecule has 1 aliphatic rings. The van der Waals surface area contributed by atoms with Crippen molar-refractivity contribution >= 4 is 23.0 Å². The predicted molar refractivity (Wildman–Crippen MR) is 99.8 cm³/mol. The SMILES string of the molecule is CC1NC(=[N+](C)c2ccccc2)C(C)NC1=[N+](C)c1ccccc1. The van der Waals surface area contributed by atoms with Crippen molar-refractivity contribution < 1.29 is 9.15 Å². The minimum atomic E-state index is 0.201. The van der Waals surface area contributed by atoms with Gasteiger partial charge in [0.25, 0.3) is 11.7 Å². The number of hydrogen-bond acceptors (Lipinski definition) is 0. The normalized spacial score (nSPS) is 24.7. The number of rotatable bonds is 2. The Morgan fingerprint density at radius 1 is 0.625 bits per heavy atom. The van der Waals surface area contributed by atoms with Crippen LogP contribution in [0, 0.1) is 0 Å². The van der Waals surface area contributed by atoms with Crippen LogP contribution < -0.4 is 10.6 Å². The van der Waals surface area contributed by atoms with Crippen molar-refractivity contribution in [2.24, 2.45) is 0 Å². The first-order chi connectivity index (χ1) is 11.6. The van der Waals surface area contributed by atoms with E-state index < -0.39 is 0 Å². The smallest absolute Gasteiger partial charge is 0.260 e. The maximum atomic E-state index is 3.67. The molecule has 1 heterocycles. The largest absolute Gasteiger partial charge is 0.295 e. The summed E-state index contributed by atoms with van der Waals surface area (Å²) >= 11 is 0. The summed E-state index contributed by atoms with van der Waals surface area (Å²) in [6.45, 7) is 4.37. The summed E-state index contributed by atoms with van der Waals surface area (Å²) in [5.41, 5.74) is 2.36. The molecule has 3 rings (SSSR count). The summed E-state index contributed by atoms with van der Waals surface area (Å²) in [4.78, 5) is 0. The van der Waals surface area contributed by atoms with Gasteiger partial charge in [-0.15, -0.1) is 0 Å². The zero-order chi connectivity index (χ0) is 17.1. The number of piperazine rings is 1. The fourth-order valence-corrected chi connectivity index (χ4v) is 3.19. The van der Waals surface area contributed by atoms with Crippen LogP contribution in [-0.4, -0.2) is 47.0 Å². The molecule has 0 saturated carbocycles. The first kappa shape index (κ1) is 16.2. The quantitative estimate of drug-likeness (QED) is 0.833. The second-order valence-corrected chi connectivity index (χ2v) is 6.29. The van der Waals surface area contributed by atoms with E-state index in [4.69, 9.17) is 0 Å². The minimum absolute atomic E-state index is 0.201. The Morgan fingerprint density at radius 3 is 1.29 bits per heavy atom. The van der Waals surface area contributed by atoms with Crippen molar-refractivity contribution in [2.75, 3.05) is 14.1 Å². The van der Waals surface area contributed by atoms with E-state index in [2.05, 4.69) is 96.3 Å². The molecule has 0 aromatic heterocycles. The highest BCUT2D eigenvalue weighted by Crippen LogP contribution is 2.13. The minimum Gasteiger partial charge on any atom is -0.260 e. The van der Waals surface area contributed by atoms with E-state index in [1.54, 1.807) is 0 Å². The van der Waals surface area contributed by atoms with Crippen molar-refractivity contribution in [3.63, 3.8) is 0 Å². The monoisotopic (exact) mass is 322 g/mol. The number of amidine groups is 2. The Bertz CT molecular complexity index is 695. The fourth-order valence-electron chi connectivity index (χ4n) is 3.19. The highest BCUT2D eigenvalue weighted by Gasteiger charge is 2.38. The Morgan fingerprint density at radius 2 is 0.958 bits per heavy atom. The van der Waals surface area contributed by atoms with Crippen LogP contribution in [0.5, 0.6) is 0 Å². The molecule has 2 unspecified atom stereocenters. The first-order valence-electron chi connectivity index (χ1n) is 8.42. The van der Waals surface area contributed by atoms with Crippen molar-refractivity contribution in [2.45, 2.75) is 25.9 Å². The molecule has 0 radical (unpaired) electrons. The molecule has 0 amide bonds. The van der Waals surface area contributed by atoms with Gasteiger partial charge in [0, 0.05) is 0 Å². The number of nitrogens with zero attached hydrogens (tertiary/aromatic N) is 2. The number of nitrogens with one attached hydrogen (secondary N) is 2. The molecule has 0 spiro atoms. The third-order valence-corrected chi connectivity index (χ3v) is 4.56. The summed E-state index contributed by atoms with van der Waals surface area (Å²) in [5, 5.41) is 7.33. The van der Waals surface area contributed by atoms with Crippen molar-refractivity contribution in [1.29, 1.82) is 0 Å². The van der Waals surface area contributed by atoms with Crippen LogP contribution in [0.3, 0.4) is 0 Å². The Hall–Kier alpha value is -2.62. The average Bonchev–Trinajstić information content (AvgIpc) is 2.63. The zero-order valence-corrected chi connectivity index (χ0v) is 14.8. The molecule has 4 nitrogen and oxygen atoms in total. The van der Waals surface area contributed by atoms with E-state index in [1.807, 2.05) is 12.1 Å². The van der Waals surface area contributed by atoms with E-state index in [-0.39, 0.29) is 12.1 Å². The van der Waals surface area contributed by atoms with Crippen molar-refractivity contribution in [3.8, 4) is 0 Å². The lowest BCUT2D eigenvalue weighted by molar-refractivity contribution is -0.416. The van der Waals surface area contributed by atoms with Gasteiger partial charge in [0.1, 0.15) is 11.4 Å². The number of hydrogen-bond donors (Lipinski definition) is 2. The van der Waals surface area contributed by atoms with Crippen LogP contribution in [0.4, 0.5) is 11.4 Å². The van der Waals surface area contributed by atoms with Gasteiger partial charge >= 0.3 is 0 Å². The average molecular weight is 322 g/mol. The van der Waals surface area contributed by atoms with Crippen LogP contribution >= 0.6 is 0 Å². The zero-order valence-electron chi connectivity index (χ0n) is 14.8. The molecule has 0 bridgehead atoms. The van der Waals surface area contributed by atoms with E-state index >= 15 is 0 Å². The van der Waals surface area contributed by atoms with Gasteiger partial charge in [0.2, 0.25) is 0 Å². The van der Waals surface area contributed by atoms with Crippen molar-refractivity contribution in [3.05, 3.63) is 60.7 Å². The number of benzene rings is 2. The first-order valence-corrected chi connectivity index (χ1v) is 8.42. The molecule has 2 aromatic carbocycles. The Balaban J connectivity index is 1.93. The van der Waals surface area contributed by atoms with Gasteiger partial charge in [0.15, 0.2) is 12.1 Å². The molecule has 1 saturated heterocycles. The summed E-state index contributed by atoms with van der Waals surface area (Å²) in [5.74, 6) is 2.36. The maximum Gasteiger partial charge on any atom is 0.295 e. The summed E-state index contributed by atoms with van der Waals surface area (Å²) in [7, 11) is 4.21. The second kappa shape index (κ2) is 6.87. The predicted octanol–water partition coefficient (Wildman–Crippen LogP) is 2.70. The highest BCUT2D eigenvalue weighted by atomic mass is 15.3. The molecule has 0 aliphatic carbocycles. The van der Waals surface area contributed by atoms with Gasteiger partial charge in [-0.1, -0.05) is 36.4 Å². The summed E-state index contributed by atoms with van der Waals surface area (Å²) < 4.78 is 4.43. The third-order valence-electron chi connectivity index (χ3n) is 4.56. The molecule has 24 heavy (non-hydrogen) atoms. The maximum absolute atomic E-state index is 3.67. The molecule has 2 atom stereocenters. The van der Waals surface area contributed by atoms with E-state index in [1.165, 1.54) is 23.0 Å². The van der Waals surface area contributed by atoms with Gasteiger partial charge in [-0.05, 0) is 38.1 Å². The summed E-state index contributed by atoms with van der Waals surface area (Å²) in [6.07, 6.45) is 0. The van der Waals surface area contributed by atoms with Gasteiger partial charge in [0.05, 0.1) is 14.1 Å². The van der Waals surface area contributed by atoms with Gasteiger partial charge in [-0.25, -0.2) is 9.15 Å². The lowest BCUT2D eigenvalue weighted by atomic mass is 10.1. The van der Waals surface area contributed by atoms with Crippen LogP contribution in [0.15, 0.2) is 60.7 Å². The molecule has 1 aliphatic heterocycles. The third kappa shape index (κ3) is 3.18. The van der Waals surface area contributed by atoms with Crippen LogP contribution in [0.2, 0.25) is 0 Å². The molecule has 2 aromatic rings.